The van der Waals surface area contributed by atoms with Crippen molar-refractivity contribution in [1.29, 1.82) is 0 Å². The van der Waals surface area contributed by atoms with Gasteiger partial charge in [-0.05, 0) is 32.2 Å². The number of hydrogen-bond donors (Lipinski definition) is 0. The summed E-state index contributed by atoms with van der Waals surface area (Å²) in [5, 5.41) is 1.01. The minimum atomic E-state index is 0.368. The van der Waals surface area contributed by atoms with Crippen LogP contribution in [0.1, 0.15) is 32.1 Å². The average Bonchev–Trinajstić information content (AvgIpc) is 2.76. The average molecular weight is 289 g/mol. The molecule has 1 amide bonds. The predicted molar refractivity (Wildman–Crippen MR) is 68.8 cm³/mol. The SMILES string of the molecule is O=C(CCCCBr)N1CCN2CCCC2C1. The molecule has 2 aliphatic rings. The molecular weight excluding hydrogens is 268 g/mol. The summed E-state index contributed by atoms with van der Waals surface area (Å²) in [6.45, 7) is 4.27. The first-order chi connectivity index (χ1) is 7.81. The lowest BCUT2D eigenvalue weighted by atomic mass is 10.1. The van der Waals surface area contributed by atoms with E-state index in [0.29, 0.717) is 11.9 Å². The van der Waals surface area contributed by atoms with E-state index in [1.807, 2.05) is 0 Å². The van der Waals surface area contributed by atoms with Crippen molar-refractivity contribution < 1.29 is 4.79 Å². The van der Waals surface area contributed by atoms with Gasteiger partial charge in [-0.15, -0.1) is 0 Å². The van der Waals surface area contributed by atoms with Crippen molar-refractivity contribution in [3.63, 3.8) is 0 Å². The van der Waals surface area contributed by atoms with Crippen LogP contribution in [-0.2, 0) is 4.79 Å². The summed E-state index contributed by atoms with van der Waals surface area (Å²) < 4.78 is 0. The third kappa shape index (κ3) is 2.98. The maximum absolute atomic E-state index is 12.0. The molecule has 3 nitrogen and oxygen atoms in total. The lowest BCUT2D eigenvalue weighted by Gasteiger charge is -2.37. The Kier molecular flexibility index (Phi) is 4.65. The van der Waals surface area contributed by atoms with Crippen LogP contribution in [0, 0.1) is 0 Å². The number of piperazine rings is 1. The van der Waals surface area contributed by atoms with Crippen LogP contribution in [0.15, 0.2) is 0 Å². The van der Waals surface area contributed by atoms with Crippen LogP contribution in [0.2, 0.25) is 0 Å². The molecule has 4 heteroatoms. The Hall–Kier alpha value is -0.0900. The van der Waals surface area contributed by atoms with E-state index in [1.165, 1.54) is 19.4 Å². The number of hydrogen-bond acceptors (Lipinski definition) is 2. The number of carbonyl (C=O) groups is 1. The van der Waals surface area contributed by atoms with Crippen LogP contribution in [0.3, 0.4) is 0 Å². The fourth-order valence-corrected chi connectivity index (χ4v) is 3.14. The molecule has 92 valence electrons. The van der Waals surface area contributed by atoms with Gasteiger partial charge in [0.15, 0.2) is 0 Å². The molecule has 2 rings (SSSR count). The van der Waals surface area contributed by atoms with E-state index in [4.69, 9.17) is 0 Å². The smallest absolute Gasteiger partial charge is 0.222 e. The van der Waals surface area contributed by atoms with Crippen LogP contribution >= 0.6 is 15.9 Å². The van der Waals surface area contributed by atoms with Crippen LogP contribution < -0.4 is 0 Å². The first-order valence-corrected chi connectivity index (χ1v) is 7.51. The van der Waals surface area contributed by atoms with Crippen LogP contribution in [0.5, 0.6) is 0 Å². The zero-order valence-electron chi connectivity index (χ0n) is 9.83. The second kappa shape index (κ2) is 6.01. The predicted octanol–water partition coefficient (Wildman–Crippen LogP) is 1.86. The lowest BCUT2D eigenvalue weighted by Crippen LogP contribution is -2.52. The second-order valence-corrected chi connectivity index (χ2v) is 5.61. The highest BCUT2D eigenvalue weighted by molar-refractivity contribution is 9.09. The van der Waals surface area contributed by atoms with Gasteiger partial charge in [-0.1, -0.05) is 15.9 Å². The monoisotopic (exact) mass is 288 g/mol. The molecule has 0 spiro atoms. The lowest BCUT2D eigenvalue weighted by molar-refractivity contribution is -0.133. The molecule has 0 aliphatic carbocycles. The quantitative estimate of drug-likeness (QED) is 0.582. The molecule has 0 saturated carbocycles. The highest BCUT2D eigenvalue weighted by Crippen LogP contribution is 2.21. The number of alkyl halides is 1. The van der Waals surface area contributed by atoms with Crippen LogP contribution in [0.4, 0.5) is 0 Å². The van der Waals surface area contributed by atoms with Crippen LogP contribution in [-0.4, -0.2) is 53.3 Å². The third-order valence-electron chi connectivity index (χ3n) is 3.71. The molecule has 0 radical (unpaired) electrons. The summed E-state index contributed by atoms with van der Waals surface area (Å²) in [4.78, 5) is 16.6. The van der Waals surface area contributed by atoms with E-state index in [0.717, 1.165) is 44.2 Å². The van der Waals surface area contributed by atoms with E-state index >= 15 is 0 Å². The Labute approximate surface area is 106 Å². The molecule has 16 heavy (non-hydrogen) atoms. The number of rotatable bonds is 4. The minimum Gasteiger partial charge on any atom is -0.340 e. The van der Waals surface area contributed by atoms with E-state index < -0.39 is 0 Å². The first kappa shape index (κ1) is 12.4. The maximum Gasteiger partial charge on any atom is 0.222 e. The highest BCUT2D eigenvalue weighted by Gasteiger charge is 2.31. The molecule has 2 heterocycles. The fraction of sp³-hybridized carbons (Fsp3) is 0.917. The van der Waals surface area contributed by atoms with Gasteiger partial charge in [0, 0.05) is 37.4 Å². The normalized spacial score (nSPS) is 25.8. The number of amides is 1. The van der Waals surface area contributed by atoms with Crippen molar-refractivity contribution in [2.75, 3.05) is 31.5 Å². The molecule has 0 aromatic rings. The molecule has 1 atom stereocenters. The first-order valence-electron chi connectivity index (χ1n) is 6.39. The van der Waals surface area contributed by atoms with E-state index in [-0.39, 0.29) is 0 Å². The van der Waals surface area contributed by atoms with Gasteiger partial charge in [-0.2, -0.15) is 0 Å². The zero-order valence-corrected chi connectivity index (χ0v) is 11.4. The zero-order chi connectivity index (χ0) is 11.4. The highest BCUT2D eigenvalue weighted by atomic mass is 79.9. The summed E-state index contributed by atoms with van der Waals surface area (Å²) >= 11 is 3.40. The number of halogens is 1. The number of unbranched alkanes of at least 4 members (excludes halogenated alkanes) is 1. The van der Waals surface area contributed by atoms with Gasteiger partial charge in [0.05, 0.1) is 0 Å². The van der Waals surface area contributed by atoms with E-state index in [2.05, 4.69) is 25.7 Å². The van der Waals surface area contributed by atoms with Gasteiger partial charge in [-0.25, -0.2) is 0 Å². The number of nitrogens with zero attached hydrogens (tertiary/aromatic N) is 2. The van der Waals surface area contributed by atoms with Crippen molar-refractivity contribution in [3.05, 3.63) is 0 Å². The minimum absolute atomic E-state index is 0.368. The third-order valence-corrected chi connectivity index (χ3v) is 4.28. The molecule has 0 N–H and O–H groups in total. The van der Waals surface area contributed by atoms with Gasteiger partial charge < -0.3 is 4.90 Å². The largest absolute Gasteiger partial charge is 0.340 e. The summed E-state index contributed by atoms with van der Waals surface area (Å²) in [6, 6.07) is 0.661. The Morgan fingerprint density at radius 2 is 2.12 bits per heavy atom. The van der Waals surface area contributed by atoms with Gasteiger partial charge >= 0.3 is 0 Å². The molecule has 1 unspecified atom stereocenters. The maximum atomic E-state index is 12.0. The topological polar surface area (TPSA) is 23.6 Å². The molecule has 0 aromatic carbocycles. The molecule has 2 saturated heterocycles. The molecular formula is C12H21BrN2O. The Balaban J connectivity index is 1.75. The molecule has 2 fully saturated rings. The van der Waals surface area contributed by atoms with Crippen molar-refractivity contribution in [3.8, 4) is 0 Å². The van der Waals surface area contributed by atoms with E-state index in [1.54, 1.807) is 0 Å². The van der Waals surface area contributed by atoms with Gasteiger partial charge in [0.1, 0.15) is 0 Å². The molecule has 0 bridgehead atoms. The molecule has 2 aliphatic heterocycles. The van der Waals surface area contributed by atoms with Gasteiger partial charge in [-0.3, -0.25) is 9.69 Å². The summed E-state index contributed by atoms with van der Waals surface area (Å²) in [5.74, 6) is 0.368. The Bertz CT molecular complexity index is 247. The summed E-state index contributed by atoms with van der Waals surface area (Å²) in [6.07, 6.45) is 5.46. The fourth-order valence-electron chi connectivity index (χ4n) is 2.75. The van der Waals surface area contributed by atoms with Gasteiger partial charge in [0.25, 0.3) is 0 Å². The van der Waals surface area contributed by atoms with Crippen molar-refractivity contribution in [2.24, 2.45) is 0 Å². The van der Waals surface area contributed by atoms with Gasteiger partial charge in [0.2, 0.25) is 5.91 Å². The van der Waals surface area contributed by atoms with Crippen molar-refractivity contribution in [1.82, 2.24) is 9.80 Å². The Morgan fingerprint density at radius 1 is 1.25 bits per heavy atom. The number of fused-ring (bicyclic) bond motifs is 1. The standard InChI is InChI=1S/C12H21BrN2O/c13-6-2-1-5-12(16)15-9-8-14-7-3-4-11(14)10-15/h11H,1-10H2. The summed E-state index contributed by atoms with van der Waals surface area (Å²) in [5.41, 5.74) is 0. The van der Waals surface area contributed by atoms with E-state index in [9.17, 15) is 4.79 Å². The van der Waals surface area contributed by atoms with Crippen LogP contribution in [0.25, 0.3) is 0 Å². The second-order valence-electron chi connectivity index (χ2n) is 4.82. The van der Waals surface area contributed by atoms with Crippen molar-refractivity contribution in [2.45, 2.75) is 38.1 Å². The molecule has 0 aromatic heterocycles. The van der Waals surface area contributed by atoms with Crippen molar-refractivity contribution >= 4 is 21.8 Å². The number of carbonyl (C=O) groups excluding carboxylic acids is 1. The Morgan fingerprint density at radius 3 is 2.94 bits per heavy atom. The summed E-state index contributed by atoms with van der Waals surface area (Å²) in [7, 11) is 0.